The summed E-state index contributed by atoms with van der Waals surface area (Å²) in [7, 11) is 4.90. The van der Waals surface area contributed by atoms with Gasteiger partial charge in [0.15, 0.2) is 17.3 Å². The molecular weight excluding hydrogens is 390 g/mol. The summed E-state index contributed by atoms with van der Waals surface area (Å²) in [4.78, 5) is 9.64. The summed E-state index contributed by atoms with van der Waals surface area (Å²) < 4.78 is 16.3. The van der Waals surface area contributed by atoms with Crippen LogP contribution in [0.2, 0.25) is 0 Å². The van der Waals surface area contributed by atoms with Gasteiger partial charge < -0.3 is 19.5 Å². The Morgan fingerprint density at radius 2 is 1.55 bits per heavy atom. The van der Waals surface area contributed by atoms with Gasteiger partial charge in [-0.3, -0.25) is 0 Å². The van der Waals surface area contributed by atoms with Crippen LogP contribution in [-0.2, 0) is 6.54 Å². The largest absolute Gasteiger partial charge is 0.497 e. The minimum Gasteiger partial charge on any atom is -0.497 e. The number of hydrogen-bond donors (Lipinski definition) is 1. The molecule has 0 spiro atoms. The number of hydrogen-bond acceptors (Lipinski definition) is 6. The second-order valence-corrected chi connectivity index (χ2v) is 7.19. The topological polar surface area (TPSA) is 65.5 Å². The molecule has 4 rings (SSSR count). The third kappa shape index (κ3) is 4.38. The second-order valence-electron chi connectivity index (χ2n) is 7.19. The molecule has 0 saturated carbocycles. The van der Waals surface area contributed by atoms with Crippen LogP contribution in [0.5, 0.6) is 17.2 Å². The molecule has 1 N–H and O–H groups in total. The van der Waals surface area contributed by atoms with Crippen LogP contribution in [0.25, 0.3) is 22.3 Å². The monoisotopic (exact) mass is 415 g/mol. The summed E-state index contributed by atoms with van der Waals surface area (Å²) in [6.07, 6.45) is 0. The Morgan fingerprint density at radius 3 is 2.26 bits per heavy atom. The van der Waals surface area contributed by atoms with E-state index in [0.717, 1.165) is 33.6 Å². The quantitative estimate of drug-likeness (QED) is 0.445. The van der Waals surface area contributed by atoms with E-state index >= 15 is 0 Å². The number of nitrogens with one attached hydrogen (secondary N) is 1. The van der Waals surface area contributed by atoms with Gasteiger partial charge in [0, 0.05) is 23.6 Å². The van der Waals surface area contributed by atoms with Gasteiger partial charge in [-0.05, 0) is 30.7 Å². The van der Waals surface area contributed by atoms with E-state index < -0.39 is 0 Å². The Kier molecular flexibility index (Phi) is 5.89. The number of nitrogens with zero attached hydrogens (tertiary/aromatic N) is 2. The normalized spacial score (nSPS) is 10.7. The highest BCUT2D eigenvalue weighted by atomic mass is 16.5. The van der Waals surface area contributed by atoms with Crippen LogP contribution in [0.15, 0.2) is 60.7 Å². The molecule has 0 atom stereocenters. The maximum Gasteiger partial charge on any atom is 0.162 e. The number of aromatic nitrogens is 2. The molecule has 0 aliphatic heterocycles. The summed E-state index contributed by atoms with van der Waals surface area (Å²) in [6.45, 7) is 2.65. The summed E-state index contributed by atoms with van der Waals surface area (Å²) in [6, 6.07) is 19.9. The third-order valence-electron chi connectivity index (χ3n) is 5.10. The molecule has 0 saturated heterocycles. The molecule has 0 amide bonds. The highest BCUT2D eigenvalue weighted by Gasteiger charge is 2.14. The second kappa shape index (κ2) is 8.92. The molecule has 1 aromatic heterocycles. The molecule has 31 heavy (non-hydrogen) atoms. The van der Waals surface area contributed by atoms with Crippen LogP contribution in [0.4, 0.5) is 5.82 Å². The molecule has 0 unspecified atom stereocenters. The van der Waals surface area contributed by atoms with Crippen LogP contribution < -0.4 is 19.5 Å². The predicted molar refractivity (Wildman–Crippen MR) is 123 cm³/mol. The van der Waals surface area contributed by atoms with Gasteiger partial charge in [-0.15, -0.1) is 0 Å². The van der Waals surface area contributed by atoms with Gasteiger partial charge in [0.05, 0.1) is 26.8 Å². The molecule has 158 valence electrons. The van der Waals surface area contributed by atoms with Crippen molar-refractivity contribution in [3.05, 3.63) is 71.8 Å². The third-order valence-corrected chi connectivity index (χ3v) is 5.10. The lowest BCUT2D eigenvalue weighted by Crippen LogP contribution is -2.05. The van der Waals surface area contributed by atoms with Crippen molar-refractivity contribution in [3.63, 3.8) is 0 Å². The van der Waals surface area contributed by atoms with E-state index in [9.17, 15) is 0 Å². The highest BCUT2D eigenvalue weighted by molar-refractivity contribution is 5.93. The van der Waals surface area contributed by atoms with Gasteiger partial charge in [-0.25, -0.2) is 9.97 Å². The Morgan fingerprint density at radius 1 is 0.806 bits per heavy atom. The van der Waals surface area contributed by atoms with Crippen molar-refractivity contribution in [3.8, 4) is 28.6 Å². The molecule has 4 aromatic rings. The standard InChI is InChI=1S/C25H25N3O3/c1-16-8-10-18(11-9-16)24-27-21-14-23(31-4)22(30-3)13-20(21)25(28-24)26-15-17-6-5-7-19(12-17)29-2/h5-14H,15H2,1-4H3,(H,26,27,28). The number of methoxy groups -OCH3 is 3. The number of anilines is 1. The summed E-state index contributed by atoms with van der Waals surface area (Å²) in [5.41, 5.74) is 4.00. The molecule has 0 fully saturated rings. The van der Waals surface area contributed by atoms with Gasteiger partial charge in [0.1, 0.15) is 11.6 Å². The van der Waals surface area contributed by atoms with E-state index in [1.54, 1.807) is 21.3 Å². The molecular formula is C25H25N3O3. The SMILES string of the molecule is COc1cccc(CNc2nc(-c3ccc(C)cc3)nc3cc(OC)c(OC)cc23)c1. The van der Waals surface area contributed by atoms with E-state index in [2.05, 4.69) is 24.4 Å². The van der Waals surface area contributed by atoms with Crippen LogP contribution in [0.3, 0.4) is 0 Å². The average molecular weight is 415 g/mol. The fourth-order valence-corrected chi connectivity index (χ4v) is 3.39. The number of aryl methyl sites for hydroxylation is 1. The molecule has 0 aliphatic carbocycles. The number of rotatable bonds is 7. The Hall–Kier alpha value is -3.80. The molecule has 6 heteroatoms. The van der Waals surface area contributed by atoms with Crippen LogP contribution in [0.1, 0.15) is 11.1 Å². The van der Waals surface area contributed by atoms with Gasteiger partial charge >= 0.3 is 0 Å². The predicted octanol–water partition coefficient (Wildman–Crippen LogP) is 5.24. The zero-order valence-corrected chi connectivity index (χ0v) is 18.1. The maximum absolute atomic E-state index is 5.50. The maximum atomic E-state index is 5.50. The fraction of sp³-hybridized carbons (Fsp3) is 0.200. The molecule has 0 aliphatic rings. The van der Waals surface area contributed by atoms with Crippen molar-refractivity contribution < 1.29 is 14.2 Å². The molecule has 1 heterocycles. The van der Waals surface area contributed by atoms with Gasteiger partial charge in [-0.1, -0.05) is 42.0 Å². The Balaban J connectivity index is 1.80. The van der Waals surface area contributed by atoms with Crippen molar-refractivity contribution >= 4 is 16.7 Å². The first-order valence-corrected chi connectivity index (χ1v) is 9.99. The minimum absolute atomic E-state index is 0.588. The van der Waals surface area contributed by atoms with Crippen molar-refractivity contribution in [1.29, 1.82) is 0 Å². The number of benzene rings is 3. The van der Waals surface area contributed by atoms with Crippen molar-refractivity contribution in [1.82, 2.24) is 9.97 Å². The first-order chi connectivity index (χ1) is 15.1. The van der Waals surface area contributed by atoms with Crippen molar-refractivity contribution in [2.75, 3.05) is 26.6 Å². The molecule has 0 bridgehead atoms. The number of ether oxygens (including phenoxy) is 3. The molecule has 0 radical (unpaired) electrons. The molecule has 6 nitrogen and oxygen atoms in total. The number of fused-ring (bicyclic) bond motifs is 1. The van der Waals surface area contributed by atoms with Gasteiger partial charge in [-0.2, -0.15) is 0 Å². The lowest BCUT2D eigenvalue weighted by molar-refractivity contribution is 0.356. The Labute approximate surface area is 181 Å². The summed E-state index contributed by atoms with van der Waals surface area (Å²) in [5, 5.41) is 4.32. The lowest BCUT2D eigenvalue weighted by atomic mass is 10.1. The minimum atomic E-state index is 0.588. The zero-order valence-electron chi connectivity index (χ0n) is 18.1. The van der Waals surface area contributed by atoms with E-state index in [-0.39, 0.29) is 0 Å². The van der Waals surface area contributed by atoms with E-state index in [0.29, 0.717) is 23.9 Å². The first-order valence-electron chi connectivity index (χ1n) is 9.99. The average Bonchev–Trinajstić information content (AvgIpc) is 2.82. The van der Waals surface area contributed by atoms with Crippen molar-refractivity contribution in [2.24, 2.45) is 0 Å². The van der Waals surface area contributed by atoms with E-state index in [4.69, 9.17) is 24.2 Å². The highest BCUT2D eigenvalue weighted by Crippen LogP contribution is 2.35. The van der Waals surface area contributed by atoms with Crippen LogP contribution in [-0.4, -0.2) is 31.3 Å². The van der Waals surface area contributed by atoms with Crippen LogP contribution in [0, 0.1) is 6.92 Å². The van der Waals surface area contributed by atoms with Gasteiger partial charge in [0.2, 0.25) is 0 Å². The first kappa shape index (κ1) is 20.5. The van der Waals surface area contributed by atoms with E-state index in [1.165, 1.54) is 5.56 Å². The smallest absolute Gasteiger partial charge is 0.162 e. The lowest BCUT2D eigenvalue weighted by Gasteiger charge is -2.14. The summed E-state index contributed by atoms with van der Waals surface area (Å²) in [5.74, 6) is 3.45. The molecule has 3 aromatic carbocycles. The summed E-state index contributed by atoms with van der Waals surface area (Å²) >= 11 is 0. The Bertz CT molecular complexity index is 1210. The van der Waals surface area contributed by atoms with Crippen LogP contribution >= 0.6 is 0 Å². The van der Waals surface area contributed by atoms with Crippen molar-refractivity contribution in [2.45, 2.75) is 13.5 Å². The fourth-order valence-electron chi connectivity index (χ4n) is 3.39. The zero-order chi connectivity index (χ0) is 21.8. The van der Waals surface area contributed by atoms with Gasteiger partial charge in [0.25, 0.3) is 0 Å². The van der Waals surface area contributed by atoms with E-state index in [1.807, 2.05) is 48.5 Å².